The van der Waals surface area contributed by atoms with Crippen LogP contribution in [0.25, 0.3) is 0 Å². The standard InChI is InChI=1S/C19H26ClNO/c1-18(2,3)14-8-12(7-13-10-16(20)21-11-13)9-15(17(14)22)19(4,5)6/h8-11,21-22H,7H2,1-6H3. The topological polar surface area (TPSA) is 36.0 Å². The molecule has 0 unspecified atom stereocenters. The van der Waals surface area contributed by atoms with Crippen LogP contribution in [0.2, 0.25) is 5.15 Å². The molecule has 0 saturated carbocycles. The zero-order valence-electron chi connectivity index (χ0n) is 14.3. The van der Waals surface area contributed by atoms with Crippen LogP contribution in [0.3, 0.4) is 0 Å². The molecule has 3 heteroatoms. The van der Waals surface area contributed by atoms with Gasteiger partial charge >= 0.3 is 0 Å². The molecule has 0 aliphatic rings. The largest absolute Gasteiger partial charge is 0.507 e. The minimum absolute atomic E-state index is 0.101. The van der Waals surface area contributed by atoms with Crippen LogP contribution in [0.1, 0.15) is 63.8 Å². The van der Waals surface area contributed by atoms with Crippen molar-refractivity contribution >= 4 is 11.6 Å². The Bertz CT molecular complexity index is 636. The highest BCUT2D eigenvalue weighted by Crippen LogP contribution is 2.40. The highest BCUT2D eigenvalue weighted by Gasteiger charge is 2.26. The van der Waals surface area contributed by atoms with Gasteiger partial charge in [-0.1, -0.05) is 65.3 Å². The lowest BCUT2D eigenvalue weighted by atomic mass is 9.78. The normalized spacial score (nSPS) is 12.7. The molecule has 1 heterocycles. The van der Waals surface area contributed by atoms with Gasteiger partial charge in [-0.05, 0) is 45.6 Å². The molecule has 0 fully saturated rings. The van der Waals surface area contributed by atoms with E-state index in [1.165, 1.54) is 5.56 Å². The Morgan fingerprint density at radius 3 is 1.77 bits per heavy atom. The van der Waals surface area contributed by atoms with Crippen LogP contribution in [-0.2, 0) is 17.3 Å². The number of benzene rings is 1. The predicted molar refractivity (Wildman–Crippen MR) is 94.1 cm³/mol. The summed E-state index contributed by atoms with van der Waals surface area (Å²) in [6, 6.07) is 6.18. The van der Waals surface area contributed by atoms with Crippen molar-refractivity contribution in [2.24, 2.45) is 0 Å². The molecule has 22 heavy (non-hydrogen) atoms. The van der Waals surface area contributed by atoms with Crippen LogP contribution in [-0.4, -0.2) is 10.1 Å². The molecule has 2 N–H and O–H groups in total. The van der Waals surface area contributed by atoms with Gasteiger partial charge in [0.2, 0.25) is 0 Å². The molecule has 0 amide bonds. The SMILES string of the molecule is CC(C)(C)c1cc(Cc2c[nH]c(Cl)c2)cc(C(C)(C)C)c1O. The third-order valence-electron chi connectivity index (χ3n) is 3.90. The van der Waals surface area contributed by atoms with E-state index in [1.54, 1.807) is 0 Å². The first kappa shape index (κ1) is 17.0. The average molecular weight is 320 g/mol. The van der Waals surface area contributed by atoms with E-state index in [4.69, 9.17) is 11.6 Å². The van der Waals surface area contributed by atoms with Gasteiger partial charge in [0.25, 0.3) is 0 Å². The Morgan fingerprint density at radius 1 is 0.909 bits per heavy atom. The molecular weight excluding hydrogens is 294 g/mol. The van der Waals surface area contributed by atoms with E-state index in [2.05, 4.69) is 58.7 Å². The third-order valence-corrected chi connectivity index (χ3v) is 4.12. The second-order valence-corrected chi connectivity index (χ2v) is 8.48. The van der Waals surface area contributed by atoms with Crippen LogP contribution < -0.4 is 0 Å². The number of H-pyrrole nitrogens is 1. The minimum atomic E-state index is -0.101. The smallest absolute Gasteiger partial charge is 0.123 e. The Morgan fingerprint density at radius 2 is 1.41 bits per heavy atom. The fraction of sp³-hybridized carbons (Fsp3) is 0.474. The van der Waals surface area contributed by atoms with Gasteiger partial charge < -0.3 is 10.1 Å². The van der Waals surface area contributed by atoms with Crippen molar-refractivity contribution in [3.05, 3.63) is 51.8 Å². The van der Waals surface area contributed by atoms with Crippen molar-refractivity contribution in [3.8, 4) is 5.75 Å². The number of nitrogens with one attached hydrogen (secondary N) is 1. The summed E-state index contributed by atoms with van der Waals surface area (Å²) in [6.45, 7) is 12.8. The predicted octanol–water partition coefficient (Wildman–Crippen LogP) is 5.56. The van der Waals surface area contributed by atoms with Crippen LogP contribution >= 0.6 is 11.6 Å². The Balaban J connectivity index is 2.55. The van der Waals surface area contributed by atoms with E-state index in [-0.39, 0.29) is 10.8 Å². The lowest BCUT2D eigenvalue weighted by Crippen LogP contribution is -2.18. The van der Waals surface area contributed by atoms with Gasteiger partial charge in [0.05, 0.1) is 0 Å². The lowest BCUT2D eigenvalue weighted by Gasteiger charge is -2.28. The summed E-state index contributed by atoms with van der Waals surface area (Å²) in [5.41, 5.74) is 4.14. The maximum Gasteiger partial charge on any atom is 0.123 e. The van der Waals surface area contributed by atoms with Gasteiger partial charge in [0.1, 0.15) is 10.9 Å². The summed E-state index contributed by atoms with van der Waals surface area (Å²) >= 11 is 5.96. The molecular formula is C19H26ClNO. The molecule has 0 radical (unpaired) electrons. The number of rotatable bonds is 2. The molecule has 1 aromatic heterocycles. The van der Waals surface area contributed by atoms with Crippen LogP contribution in [0.5, 0.6) is 5.75 Å². The molecule has 0 atom stereocenters. The van der Waals surface area contributed by atoms with E-state index in [9.17, 15) is 5.11 Å². The van der Waals surface area contributed by atoms with Gasteiger partial charge in [0, 0.05) is 6.20 Å². The van der Waals surface area contributed by atoms with Gasteiger partial charge in [-0.15, -0.1) is 0 Å². The van der Waals surface area contributed by atoms with Crippen molar-refractivity contribution in [1.82, 2.24) is 4.98 Å². The number of hydrogen-bond donors (Lipinski definition) is 2. The Hall–Kier alpha value is -1.41. The summed E-state index contributed by atoms with van der Waals surface area (Å²) in [6.07, 6.45) is 2.73. The fourth-order valence-corrected chi connectivity index (χ4v) is 2.88. The van der Waals surface area contributed by atoms with Crippen LogP contribution in [0, 0.1) is 0 Å². The van der Waals surface area contributed by atoms with Crippen molar-refractivity contribution in [2.45, 2.75) is 58.8 Å². The molecule has 0 aliphatic heterocycles. The number of phenolic OH excluding ortho intramolecular Hbond substituents is 1. The summed E-state index contributed by atoms with van der Waals surface area (Å²) in [5, 5.41) is 11.4. The van der Waals surface area contributed by atoms with Gasteiger partial charge in [0.15, 0.2) is 0 Å². The van der Waals surface area contributed by atoms with E-state index in [0.717, 1.165) is 23.1 Å². The zero-order chi connectivity index (χ0) is 16.7. The van der Waals surface area contributed by atoms with Crippen molar-refractivity contribution in [2.75, 3.05) is 0 Å². The first-order chi connectivity index (χ1) is 9.98. The second-order valence-electron chi connectivity index (χ2n) is 8.07. The Labute approximate surface area is 138 Å². The molecule has 120 valence electrons. The zero-order valence-corrected chi connectivity index (χ0v) is 15.1. The highest BCUT2D eigenvalue weighted by molar-refractivity contribution is 6.29. The van der Waals surface area contributed by atoms with Gasteiger partial charge in [-0.25, -0.2) is 0 Å². The number of phenols is 1. The molecule has 2 rings (SSSR count). The quantitative estimate of drug-likeness (QED) is 0.747. The number of hydrogen-bond acceptors (Lipinski definition) is 1. The van der Waals surface area contributed by atoms with E-state index < -0.39 is 0 Å². The van der Waals surface area contributed by atoms with Crippen molar-refractivity contribution < 1.29 is 5.11 Å². The first-order valence-corrected chi connectivity index (χ1v) is 8.06. The number of halogens is 1. The molecule has 0 bridgehead atoms. The fourth-order valence-electron chi connectivity index (χ4n) is 2.69. The third kappa shape index (κ3) is 3.67. The molecule has 2 aromatic rings. The molecule has 0 spiro atoms. The summed E-state index contributed by atoms with van der Waals surface area (Å²) < 4.78 is 0. The molecule has 2 nitrogen and oxygen atoms in total. The summed E-state index contributed by atoms with van der Waals surface area (Å²) in [7, 11) is 0. The number of aromatic hydroxyl groups is 1. The lowest BCUT2D eigenvalue weighted by molar-refractivity contribution is 0.423. The molecule has 0 saturated heterocycles. The second kappa shape index (κ2) is 5.66. The van der Waals surface area contributed by atoms with Gasteiger partial charge in [-0.2, -0.15) is 0 Å². The number of aromatic amines is 1. The van der Waals surface area contributed by atoms with Crippen LogP contribution in [0.4, 0.5) is 0 Å². The van der Waals surface area contributed by atoms with Crippen molar-refractivity contribution in [3.63, 3.8) is 0 Å². The number of aromatic nitrogens is 1. The average Bonchev–Trinajstić information content (AvgIpc) is 2.74. The maximum atomic E-state index is 10.7. The van der Waals surface area contributed by atoms with Gasteiger partial charge in [-0.3, -0.25) is 0 Å². The van der Waals surface area contributed by atoms with Crippen LogP contribution in [0.15, 0.2) is 24.4 Å². The molecule has 0 aliphatic carbocycles. The summed E-state index contributed by atoms with van der Waals surface area (Å²) in [5.74, 6) is 0.427. The van der Waals surface area contributed by atoms with E-state index in [1.807, 2.05) is 12.3 Å². The van der Waals surface area contributed by atoms with Crippen molar-refractivity contribution in [1.29, 1.82) is 0 Å². The first-order valence-electron chi connectivity index (χ1n) is 7.68. The van der Waals surface area contributed by atoms with E-state index >= 15 is 0 Å². The maximum absolute atomic E-state index is 10.7. The monoisotopic (exact) mass is 319 g/mol. The molecule has 1 aromatic carbocycles. The Kier molecular flexibility index (Phi) is 4.36. The van der Waals surface area contributed by atoms with E-state index in [0.29, 0.717) is 10.9 Å². The summed E-state index contributed by atoms with van der Waals surface area (Å²) in [4.78, 5) is 3.01. The minimum Gasteiger partial charge on any atom is -0.507 e. The highest BCUT2D eigenvalue weighted by atomic mass is 35.5.